The van der Waals surface area contributed by atoms with E-state index in [0.29, 0.717) is 41.5 Å². The van der Waals surface area contributed by atoms with Crippen LogP contribution in [0.3, 0.4) is 0 Å². The summed E-state index contributed by atoms with van der Waals surface area (Å²) in [7, 11) is 3.26. The molecule has 3 rings (SSSR count). The van der Waals surface area contributed by atoms with E-state index in [1.807, 2.05) is 24.3 Å². The maximum atomic E-state index is 10.4. The highest BCUT2D eigenvalue weighted by molar-refractivity contribution is 5.77. The van der Waals surface area contributed by atoms with E-state index in [0.717, 1.165) is 17.5 Å². The van der Waals surface area contributed by atoms with Gasteiger partial charge in [0.2, 0.25) is 0 Å². The van der Waals surface area contributed by atoms with Crippen molar-refractivity contribution in [1.82, 2.24) is 4.98 Å². The Balaban J connectivity index is 2.03. The maximum absolute atomic E-state index is 10.4. The van der Waals surface area contributed by atoms with Crippen molar-refractivity contribution < 1.29 is 14.6 Å². The summed E-state index contributed by atoms with van der Waals surface area (Å²) in [6.07, 6.45) is 0.846. The number of pyridine rings is 1. The molecule has 0 aliphatic carbocycles. The van der Waals surface area contributed by atoms with Crippen LogP contribution in [0.25, 0.3) is 22.4 Å². The third-order valence-electron chi connectivity index (χ3n) is 4.48. The van der Waals surface area contributed by atoms with E-state index in [2.05, 4.69) is 16.4 Å². The maximum Gasteiger partial charge on any atom is 0.127 e. The van der Waals surface area contributed by atoms with Gasteiger partial charge in [-0.3, -0.25) is 0 Å². The fourth-order valence-electron chi connectivity index (χ4n) is 2.94. The van der Waals surface area contributed by atoms with Crippen LogP contribution in [0.4, 0.5) is 5.82 Å². The molecule has 0 aliphatic rings. The molecule has 0 saturated carbocycles. The molecule has 3 aromatic rings. The predicted molar refractivity (Wildman–Crippen MR) is 113 cm³/mol. The number of anilines is 1. The summed E-state index contributed by atoms with van der Waals surface area (Å²) < 4.78 is 10.4. The van der Waals surface area contributed by atoms with Gasteiger partial charge in [0.15, 0.2) is 0 Å². The van der Waals surface area contributed by atoms with Crippen LogP contribution >= 0.6 is 0 Å². The third-order valence-corrected chi connectivity index (χ3v) is 4.48. The Bertz CT molecular complexity index is 1010. The van der Waals surface area contributed by atoms with Crippen molar-refractivity contribution in [1.29, 1.82) is 5.26 Å². The highest BCUT2D eigenvalue weighted by atomic mass is 16.5. The number of aromatic nitrogens is 1. The Labute approximate surface area is 170 Å². The number of aromatic hydroxyl groups is 1. The van der Waals surface area contributed by atoms with Crippen LogP contribution in [-0.4, -0.2) is 37.5 Å². The van der Waals surface area contributed by atoms with Gasteiger partial charge < -0.3 is 19.9 Å². The Kier molecular flexibility index (Phi) is 6.67. The summed E-state index contributed by atoms with van der Waals surface area (Å²) >= 11 is 0. The number of hydrogen-bond acceptors (Lipinski definition) is 6. The lowest BCUT2D eigenvalue weighted by atomic mass is 10.0. The molecule has 0 unspecified atom stereocenters. The Hall–Kier alpha value is -3.56. The van der Waals surface area contributed by atoms with Gasteiger partial charge in [0.05, 0.1) is 24.4 Å². The van der Waals surface area contributed by atoms with Crippen molar-refractivity contribution in [3.63, 3.8) is 0 Å². The van der Waals surface area contributed by atoms with Gasteiger partial charge in [-0.25, -0.2) is 4.98 Å². The van der Waals surface area contributed by atoms with E-state index in [1.165, 1.54) is 0 Å². The number of benzene rings is 2. The summed E-state index contributed by atoms with van der Waals surface area (Å²) in [5.74, 6) is 1.46. The van der Waals surface area contributed by atoms with Crippen molar-refractivity contribution in [2.24, 2.45) is 0 Å². The minimum absolute atomic E-state index is 0.126. The van der Waals surface area contributed by atoms with Gasteiger partial charge in [-0.1, -0.05) is 12.1 Å². The van der Waals surface area contributed by atoms with E-state index in [9.17, 15) is 5.11 Å². The average Bonchev–Trinajstić information content (AvgIpc) is 2.77. The number of nitrogens with one attached hydrogen (secondary N) is 1. The molecule has 1 heterocycles. The highest BCUT2D eigenvalue weighted by Crippen LogP contribution is 2.35. The summed E-state index contributed by atoms with van der Waals surface area (Å²) in [4.78, 5) is 4.68. The number of nitrogens with zero attached hydrogens (tertiary/aromatic N) is 2. The van der Waals surface area contributed by atoms with Gasteiger partial charge >= 0.3 is 0 Å². The Morgan fingerprint density at radius 1 is 1.03 bits per heavy atom. The normalized spacial score (nSPS) is 10.4. The van der Waals surface area contributed by atoms with Gasteiger partial charge in [0.25, 0.3) is 0 Å². The molecule has 6 nitrogen and oxygen atoms in total. The van der Waals surface area contributed by atoms with Crippen LogP contribution in [0.1, 0.15) is 12.0 Å². The first-order valence-corrected chi connectivity index (χ1v) is 9.27. The topological polar surface area (TPSA) is 87.4 Å². The molecule has 2 N–H and O–H groups in total. The molecule has 0 bridgehead atoms. The Morgan fingerprint density at radius 3 is 2.52 bits per heavy atom. The molecule has 0 spiro atoms. The molecular formula is C23H23N3O3. The number of hydrogen-bond donors (Lipinski definition) is 2. The van der Waals surface area contributed by atoms with Crippen molar-refractivity contribution in [3.8, 4) is 40.0 Å². The molecule has 0 fully saturated rings. The van der Waals surface area contributed by atoms with Crippen LogP contribution in [0, 0.1) is 11.3 Å². The molecule has 1 aromatic heterocycles. The standard InChI is InChI=1S/C23H23N3O3/c1-28-11-3-10-25-23-13-18(17-6-4-16(15-24)5-7-17)12-21(26-23)20-14-19(29-2)8-9-22(20)27/h4-9,12-14,27H,3,10-11H2,1-2H3,(H,25,26). The fraction of sp³-hybridized carbons (Fsp3) is 0.217. The van der Waals surface area contributed by atoms with Crippen molar-refractivity contribution >= 4 is 5.82 Å². The average molecular weight is 389 g/mol. The smallest absolute Gasteiger partial charge is 0.127 e. The van der Waals surface area contributed by atoms with Gasteiger partial charge in [0.1, 0.15) is 17.3 Å². The van der Waals surface area contributed by atoms with Crippen molar-refractivity contribution in [3.05, 3.63) is 60.2 Å². The second-order valence-electron chi connectivity index (χ2n) is 6.47. The molecule has 0 amide bonds. The second kappa shape index (κ2) is 9.58. The monoisotopic (exact) mass is 389 g/mol. The van der Waals surface area contributed by atoms with Crippen LogP contribution in [0.5, 0.6) is 11.5 Å². The van der Waals surface area contributed by atoms with Gasteiger partial charge in [0, 0.05) is 25.8 Å². The van der Waals surface area contributed by atoms with Crippen LogP contribution < -0.4 is 10.1 Å². The zero-order valence-electron chi connectivity index (χ0n) is 16.5. The summed E-state index contributed by atoms with van der Waals surface area (Å²) in [6, 6.07) is 18.4. The molecule has 2 aromatic carbocycles. The van der Waals surface area contributed by atoms with E-state index in [-0.39, 0.29) is 5.75 Å². The van der Waals surface area contributed by atoms with E-state index >= 15 is 0 Å². The van der Waals surface area contributed by atoms with Crippen molar-refractivity contribution in [2.75, 3.05) is 32.7 Å². The number of phenolic OH excluding ortho intramolecular Hbond substituents is 1. The van der Waals surface area contributed by atoms with Crippen LogP contribution in [-0.2, 0) is 4.74 Å². The van der Waals surface area contributed by atoms with Gasteiger partial charge in [-0.15, -0.1) is 0 Å². The zero-order valence-corrected chi connectivity index (χ0v) is 16.5. The SMILES string of the molecule is COCCCNc1cc(-c2ccc(C#N)cc2)cc(-c2cc(OC)ccc2O)n1. The lowest BCUT2D eigenvalue weighted by molar-refractivity contribution is 0.198. The number of rotatable bonds is 8. The number of nitriles is 1. The van der Waals surface area contributed by atoms with Crippen molar-refractivity contribution in [2.45, 2.75) is 6.42 Å². The predicted octanol–water partition coefficient (Wildman–Crippen LogP) is 4.45. The van der Waals surface area contributed by atoms with E-state index in [1.54, 1.807) is 44.6 Å². The molecule has 29 heavy (non-hydrogen) atoms. The van der Waals surface area contributed by atoms with Crippen LogP contribution in [0.15, 0.2) is 54.6 Å². The highest BCUT2D eigenvalue weighted by Gasteiger charge is 2.12. The first kappa shape index (κ1) is 20.2. The quantitative estimate of drug-likeness (QED) is 0.554. The summed E-state index contributed by atoms with van der Waals surface area (Å²) in [6.45, 7) is 1.37. The first-order valence-electron chi connectivity index (χ1n) is 9.27. The largest absolute Gasteiger partial charge is 0.507 e. The Morgan fingerprint density at radius 2 is 1.83 bits per heavy atom. The number of ether oxygens (including phenoxy) is 2. The van der Waals surface area contributed by atoms with E-state index < -0.39 is 0 Å². The summed E-state index contributed by atoms with van der Waals surface area (Å²) in [5, 5.41) is 22.7. The second-order valence-corrected chi connectivity index (χ2v) is 6.47. The fourth-order valence-corrected chi connectivity index (χ4v) is 2.94. The molecule has 0 aliphatic heterocycles. The molecule has 148 valence electrons. The molecule has 6 heteroatoms. The number of phenols is 1. The molecule has 0 saturated heterocycles. The minimum Gasteiger partial charge on any atom is -0.507 e. The lowest BCUT2D eigenvalue weighted by Crippen LogP contribution is -2.06. The summed E-state index contributed by atoms with van der Waals surface area (Å²) in [5.41, 5.74) is 3.69. The van der Waals surface area contributed by atoms with E-state index in [4.69, 9.17) is 14.7 Å². The minimum atomic E-state index is 0.126. The van der Waals surface area contributed by atoms with Gasteiger partial charge in [-0.2, -0.15) is 5.26 Å². The molecule has 0 atom stereocenters. The van der Waals surface area contributed by atoms with Crippen LogP contribution in [0.2, 0.25) is 0 Å². The molecule has 0 radical (unpaired) electrons. The lowest BCUT2D eigenvalue weighted by Gasteiger charge is -2.13. The molecular weight excluding hydrogens is 366 g/mol. The number of methoxy groups -OCH3 is 2. The van der Waals surface area contributed by atoms with Gasteiger partial charge in [-0.05, 0) is 60.0 Å². The zero-order chi connectivity index (χ0) is 20.6. The third kappa shape index (κ3) is 5.03. The first-order chi connectivity index (χ1) is 14.1.